The lowest BCUT2D eigenvalue weighted by Gasteiger charge is -2.05. The SMILES string of the molecule is CCC(C)CCCNN.Cl.Cl. The van der Waals surface area contributed by atoms with Crippen LogP contribution in [0.1, 0.15) is 33.1 Å². The Morgan fingerprint density at radius 2 is 1.91 bits per heavy atom. The average Bonchev–Trinajstić information content (AvgIpc) is 1.89. The Hall–Kier alpha value is 0.500. The summed E-state index contributed by atoms with van der Waals surface area (Å²) >= 11 is 0. The molecule has 72 valence electrons. The summed E-state index contributed by atoms with van der Waals surface area (Å²) in [6.45, 7) is 5.45. The van der Waals surface area contributed by atoms with Crippen LogP contribution in [0.2, 0.25) is 0 Å². The third kappa shape index (κ3) is 13.5. The van der Waals surface area contributed by atoms with Gasteiger partial charge in [-0.1, -0.05) is 20.3 Å². The Balaban J connectivity index is -0.000000320. The molecular weight excluding hydrogens is 183 g/mol. The van der Waals surface area contributed by atoms with Crippen LogP contribution in [-0.4, -0.2) is 6.54 Å². The highest BCUT2D eigenvalue weighted by molar-refractivity contribution is 5.85. The zero-order valence-electron chi connectivity index (χ0n) is 7.30. The van der Waals surface area contributed by atoms with Gasteiger partial charge in [-0.05, 0) is 18.8 Å². The molecule has 0 spiro atoms. The molecule has 0 aromatic carbocycles. The van der Waals surface area contributed by atoms with Crippen molar-refractivity contribution < 1.29 is 0 Å². The molecule has 3 N–H and O–H groups in total. The van der Waals surface area contributed by atoms with Crippen LogP contribution in [0.3, 0.4) is 0 Å². The van der Waals surface area contributed by atoms with Gasteiger partial charge < -0.3 is 0 Å². The normalized spacial score (nSPS) is 11.2. The molecule has 0 amide bonds. The Labute approximate surface area is 82.1 Å². The maximum atomic E-state index is 5.11. The smallest absolute Gasteiger partial charge is 0.00975 e. The van der Waals surface area contributed by atoms with Crippen LogP contribution >= 0.6 is 24.8 Å². The van der Waals surface area contributed by atoms with Crippen molar-refractivity contribution in [3.63, 3.8) is 0 Å². The first-order valence-corrected chi connectivity index (χ1v) is 3.74. The summed E-state index contributed by atoms with van der Waals surface area (Å²) < 4.78 is 0. The van der Waals surface area contributed by atoms with Gasteiger partial charge in [0.05, 0.1) is 0 Å². The summed E-state index contributed by atoms with van der Waals surface area (Å²) in [7, 11) is 0. The summed E-state index contributed by atoms with van der Waals surface area (Å²) in [4.78, 5) is 0. The second kappa shape index (κ2) is 13.1. The van der Waals surface area contributed by atoms with E-state index in [1.807, 2.05) is 0 Å². The third-order valence-corrected chi connectivity index (χ3v) is 1.71. The van der Waals surface area contributed by atoms with Crippen molar-refractivity contribution in [2.24, 2.45) is 11.8 Å². The summed E-state index contributed by atoms with van der Waals surface area (Å²) in [5, 5.41) is 0. The van der Waals surface area contributed by atoms with E-state index in [0.29, 0.717) is 0 Å². The zero-order chi connectivity index (χ0) is 7.11. The molecule has 0 aliphatic carbocycles. The Morgan fingerprint density at radius 3 is 2.27 bits per heavy atom. The van der Waals surface area contributed by atoms with Gasteiger partial charge in [0.25, 0.3) is 0 Å². The van der Waals surface area contributed by atoms with Crippen molar-refractivity contribution in [1.29, 1.82) is 0 Å². The topological polar surface area (TPSA) is 38.0 Å². The molecule has 11 heavy (non-hydrogen) atoms. The molecule has 0 heterocycles. The van der Waals surface area contributed by atoms with E-state index in [-0.39, 0.29) is 24.8 Å². The zero-order valence-corrected chi connectivity index (χ0v) is 8.93. The minimum atomic E-state index is 0. The number of rotatable bonds is 5. The summed E-state index contributed by atoms with van der Waals surface area (Å²) in [5.74, 6) is 5.97. The summed E-state index contributed by atoms with van der Waals surface area (Å²) in [6, 6.07) is 0. The van der Waals surface area contributed by atoms with Crippen LogP contribution < -0.4 is 11.3 Å². The molecule has 0 aromatic heterocycles. The van der Waals surface area contributed by atoms with Crippen LogP contribution in [0, 0.1) is 5.92 Å². The third-order valence-electron chi connectivity index (χ3n) is 1.71. The molecule has 0 aromatic rings. The monoisotopic (exact) mass is 202 g/mol. The molecule has 4 heteroatoms. The van der Waals surface area contributed by atoms with Gasteiger partial charge >= 0.3 is 0 Å². The minimum Gasteiger partial charge on any atom is -0.271 e. The van der Waals surface area contributed by atoms with Crippen LogP contribution in [0.4, 0.5) is 0 Å². The van der Waals surface area contributed by atoms with Crippen molar-refractivity contribution in [2.75, 3.05) is 6.54 Å². The second-order valence-electron chi connectivity index (χ2n) is 2.61. The highest BCUT2D eigenvalue weighted by atomic mass is 35.5. The average molecular weight is 203 g/mol. The molecule has 0 aliphatic heterocycles. The van der Waals surface area contributed by atoms with Gasteiger partial charge in [0.1, 0.15) is 0 Å². The molecule has 0 radical (unpaired) electrons. The first-order valence-electron chi connectivity index (χ1n) is 3.74. The maximum absolute atomic E-state index is 5.11. The summed E-state index contributed by atoms with van der Waals surface area (Å²) in [6.07, 6.45) is 3.77. The van der Waals surface area contributed by atoms with Crippen molar-refractivity contribution in [3.8, 4) is 0 Å². The van der Waals surface area contributed by atoms with Crippen LogP contribution in [-0.2, 0) is 0 Å². The summed E-state index contributed by atoms with van der Waals surface area (Å²) in [5.41, 5.74) is 2.65. The fraction of sp³-hybridized carbons (Fsp3) is 1.00. The van der Waals surface area contributed by atoms with E-state index in [1.165, 1.54) is 19.3 Å². The standard InChI is InChI=1S/C7H18N2.2ClH/c1-3-7(2)5-4-6-9-8;;/h7,9H,3-6,8H2,1-2H3;2*1H. The number of hydrogen-bond acceptors (Lipinski definition) is 2. The molecule has 1 atom stereocenters. The molecule has 0 fully saturated rings. The van der Waals surface area contributed by atoms with Crippen molar-refractivity contribution in [3.05, 3.63) is 0 Å². The van der Waals surface area contributed by atoms with Gasteiger partial charge in [0, 0.05) is 6.54 Å². The maximum Gasteiger partial charge on any atom is 0.00975 e. The van der Waals surface area contributed by atoms with Crippen molar-refractivity contribution in [1.82, 2.24) is 5.43 Å². The molecule has 1 unspecified atom stereocenters. The van der Waals surface area contributed by atoms with Gasteiger partial charge in [-0.2, -0.15) is 0 Å². The van der Waals surface area contributed by atoms with E-state index in [9.17, 15) is 0 Å². The van der Waals surface area contributed by atoms with Gasteiger partial charge in [-0.3, -0.25) is 11.3 Å². The van der Waals surface area contributed by atoms with Gasteiger partial charge in [-0.25, -0.2) is 0 Å². The predicted octanol–water partition coefficient (Wildman–Crippen LogP) is 2.12. The fourth-order valence-corrected chi connectivity index (χ4v) is 0.757. The van der Waals surface area contributed by atoms with Gasteiger partial charge in [-0.15, -0.1) is 24.8 Å². The predicted molar refractivity (Wildman–Crippen MR) is 55.4 cm³/mol. The number of hydrogen-bond donors (Lipinski definition) is 2. The molecule has 0 saturated heterocycles. The largest absolute Gasteiger partial charge is 0.271 e. The fourth-order valence-electron chi connectivity index (χ4n) is 0.757. The van der Waals surface area contributed by atoms with Crippen LogP contribution in [0.15, 0.2) is 0 Å². The van der Waals surface area contributed by atoms with Crippen LogP contribution in [0.25, 0.3) is 0 Å². The number of hydrazine groups is 1. The first-order chi connectivity index (χ1) is 4.31. The van der Waals surface area contributed by atoms with Crippen LogP contribution in [0.5, 0.6) is 0 Å². The van der Waals surface area contributed by atoms with E-state index >= 15 is 0 Å². The van der Waals surface area contributed by atoms with E-state index in [0.717, 1.165) is 12.5 Å². The van der Waals surface area contributed by atoms with Gasteiger partial charge in [0.2, 0.25) is 0 Å². The van der Waals surface area contributed by atoms with Gasteiger partial charge in [0.15, 0.2) is 0 Å². The molecule has 0 rings (SSSR count). The Kier molecular flexibility index (Phi) is 20.9. The van der Waals surface area contributed by atoms with E-state index in [2.05, 4.69) is 19.3 Å². The lowest BCUT2D eigenvalue weighted by atomic mass is 10.0. The highest BCUT2D eigenvalue weighted by Gasteiger charge is 1.95. The van der Waals surface area contributed by atoms with E-state index in [1.54, 1.807) is 0 Å². The van der Waals surface area contributed by atoms with E-state index in [4.69, 9.17) is 5.84 Å². The number of nitrogens with two attached hydrogens (primary N) is 1. The highest BCUT2D eigenvalue weighted by Crippen LogP contribution is 2.07. The quantitative estimate of drug-likeness (QED) is 0.408. The number of nitrogens with one attached hydrogen (secondary N) is 1. The molecular formula is C7H20Cl2N2. The van der Waals surface area contributed by atoms with Crippen molar-refractivity contribution >= 4 is 24.8 Å². The molecule has 0 bridgehead atoms. The second-order valence-corrected chi connectivity index (χ2v) is 2.61. The lowest BCUT2D eigenvalue weighted by Crippen LogP contribution is -2.23. The molecule has 0 aliphatic rings. The molecule has 0 saturated carbocycles. The number of halogens is 2. The first kappa shape index (κ1) is 17.5. The lowest BCUT2D eigenvalue weighted by molar-refractivity contribution is 0.484. The Morgan fingerprint density at radius 1 is 1.36 bits per heavy atom. The van der Waals surface area contributed by atoms with E-state index < -0.39 is 0 Å². The minimum absolute atomic E-state index is 0. The molecule has 2 nitrogen and oxygen atoms in total. The Bertz CT molecular complexity index is 62.4. The van der Waals surface area contributed by atoms with Crippen molar-refractivity contribution in [2.45, 2.75) is 33.1 Å².